The van der Waals surface area contributed by atoms with Crippen molar-refractivity contribution in [1.82, 2.24) is 9.97 Å². The van der Waals surface area contributed by atoms with E-state index in [1.807, 2.05) is 0 Å². The van der Waals surface area contributed by atoms with E-state index in [1.54, 1.807) is 0 Å². The summed E-state index contributed by atoms with van der Waals surface area (Å²) in [7, 11) is 0. The molecule has 0 aromatic carbocycles. The van der Waals surface area contributed by atoms with Crippen molar-refractivity contribution in [3.8, 4) is 0 Å². The number of hydrogen-bond donors (Lipinski definition) is 2. The van der Waals surface area contributed by atoms with Crippen LogP contribution >= 0.6 is 11.3 Å². The van der Waals surface area contributed by atoms with Crippen molar-refractivity contribution in [1.29, 1.82) is 0 Å². The van der Waals surface area contributed by atoms with Crippen LogP contribution in [0.25, 0.3) is 10.2 Å². The number of nitrogens with zero attached hydrogens (tertiary/aromatic N) is 2. The average molecular weight is 313 g/mol. The third-order valence-corrected chi connectivity index (χ3v) is 4.62. The lowest BCUT2D eigenvalue weighted by Gasteiger charge is -2.29. The van der Waals surface area contributed by atoms with Crippen LogP contribution in [0.3, 0.4) is 0 Å². The van der Waals surface area contributed by atoms with Crippen LogP contribution in [0, 0.1) is 0 Å². The van der Waals surface area contributed by atoms with Gasteiger partial charge in [0, 0.05) is 24.3 Å². The Labute approximate surface area is 123 Å². The molecule has 21 heavy (non-hydrogen) atoms. The lowest BCUT2D eigenvalue weighted by molar-refractivity contribution is -0.0361. The van der Waals surface area contributed by atoms with Gasteiger partial charge in [0.05, 0.1) is 10.3 Å². The minimum absolute atomic E-state index is 0.0712. The first-order valence-corrected chi connectivity index (χ1v) is 7.44. The molecule has 5 nitrogen and oxygen atoms in total. The molecule has 0 bridgehead atoms. The van der Waals surface area contributed by atoms with E-state index < -0.39 is 11.9 Å². The number of hydrogen-bond acceptors (Lipinski definition) is 5. The van der Waals surface area contributed by atoms with E-state index in [2.05, 4.69) is 15.3 Å². The van der Waals surface area contributed by atoms with E-state index in [4.69, 9.17) is 5.11 Å². The lowest BCUT2D eigenvalue weighted by atomic mass is 9.92. The first kappa shape index (κ1) is 14.1. The molecule has 0 aliphatic heterocycles. The Kier molecular flexibility index (Phi) is 3.48. The molecular formula is C13H13F2N3O2S. The monoisotopic (exact) mass is 313 g/mol. The van der Waals surface area contributed by atoms with E-state index in [0.717, 1.165) is 0 Å². The van der Waals surface area contributed by atoms with Crippen molar-refractivity contribution in [2.24, 2.45) is 0 Å². The zero-order valence-electron chi connectivity index (χ0n) is 11.0. The van der Waals surface area contributed by atoms with Gasteiger partial charge in [0.25, 0.3) is 0 Å². The maximum atomic E-state index is 13.1. The minimum Gasteiger partial charge on any atom is -0.478 e. The molecule has 8 heteroatoms. The van der Waals surface area contributed by atoms with E-state index in [9.17, 15) is 13.6 Å². The van der Waals surface area contributed by atoms with E-state index in [0.29, 0.717) is 28.9 Å². The van der Waals surface area contributed by atoms with Crippen molar-refractivity contribution in [3.05, 3.63) is 17.3 Å². The molecule has 0 radical (unpaired) electrons. The van der Waals surface area contributed by atoms with Gasteiger partial charge in [0.1, 0.15) is 17.7 Å². The van der Waals surface area contributed by atoms with Crippen LogP contribution in [-0.2, 0) is 0 Å². The van der Waals surface area contributed by atoms with Gasteiger partial charge in [0.2, 0.25) is 5.92 Å². The Morgan fingerprint density at radius 2 is 2.10 bits per heavy atom. The van der Waals surface area contributed by atoms with Crippen molar-refractivity contribution in [3.63, 3.8) is 0 Å². The summed E-state index contributed by atoms with van der Waals surface area (Å²) in [5.41, 5.74) is 0.516. The minimum atomic E-state index is -2.57. The Bertz CT molecular complexity index is 679. The SMILES string of the molecule is O=C(O)c1csc2c(NC3CCC(F)(F)CC3)ncnc12. The maximum absolute atomic E-state index is 13.1. The first-order valence-electron chi connectivity index (χ1n) is 6.56. The average Bonchev–Trinajstić information content (AvgIpc) is 2.86. The topological polar surface area (TPSA) is 75.1 Å². The molecule has 1 saturated carbocycles. The Morgan fingerprint density at radius 3 is 2.76 bits per heavy atom. The molecule has 2 aromatic rings. The van der Waals surface area contributed by atoms with Crippen LogP contribution in [0.5, 0.6) is 0 Å². The fourth-order valence-electron chi connectivity index (χ4n) is 2.48. The Morgan fingerprint density at radius 1 is 1.38 bits per heavy atom. The van der Waals surface area contributed by atoms with Crippen LogP contribution in [0.15, 0.2) is 11.7 Å². The fourth-order valence-corrected chi connectivity index (χ4v) is 3.43. The van der Waals surface area contributed by atoms with Crippen molar-refractivity contribution < 1.29 is 18.7 Å². The van der Waals surface area contributed by atoms with Gasteiger partial charge in [-0.3, -0.25) is 0 Å². The summed E-state index contributed by atoms with van der Waals surface area (Å²) < 4.78 is 26.9. The van der Waals surface area contributed by atoms with Gasteiger partial charge in [-0.15, -0.1) is 11.3 Å². The van der Waals surface area contributed by atoms with Crippen molar-refractivity contribution in [2.45, 2.75) is 37.6 Å². The number of rotatable bonds is 3. The fraction of sp³-hybridized carbons (Fsp3) is 0.462. The normalized spacial score (nSPS) is 18.8. The number of nitrogens with one attached hydrogen (secondary N) is 1. The molecule has 1 fully saturated rings. The lowest BCUT2D eigenvalue weighted by Crippen LogP contribution is -2.32. The molecule has 0 amide bonds. The number of anilines is 1. The second-order valence-electron chi connectivity index (χ2n) is 5.13. The summed E-state index contributed by atoms with van der Waals surface area (Å²) in [5.74, 6) is -3.09. The Balaban J connectivity index is 1.83. The molecule has 1 aliphatic rings. The Hall–Kier alpha value is -1.83. The number of carboxylic acids is 1. The number of aromatic carboxylic acids is 1. The summed E-state index contributed by atoms with van der Waals surface area (Å²) in [6.07, 6.45) is 1.76. The number of halogens is 2. The molecule has 3 rings (SSSR count). The zero-order valence-corrected chi connectivity index (χ0v) is 11.8. The molecule has 0 spiro atoms. The second-order valence-corrected chi connectivity index (χ2v) is 6.01. The number of alkyl halides is 2. The summed E-state index contributed by atoms with van der Waals surface area (Å²) >= 11 is 1.24. The second kappa shape index (κ2) is 5.18. The molecule has 2 aromatic heterocycles. The predicted molar refractivity (Wildman–Crippen MR) is 75.2 cm³/mol. The van der Waals surface area contributed by atoms with E-state index in [1.165, 1.54) is 23.0 Å². The van der Waals surface area contributed by atoms with Crippen molar-refractivity contribution in [2.75, 3.05) is 5.32 Å². The first-order chi connectivity index (χ1) is 9.96. The van der Waals surface area contributed by atoms with Crippen LogP contribution < -0.4 is 5.32 Å². The molecular weight excluding hydrogens is 300 g/mol. The molecule has 0 atom stereocenters. The van der Waals surface area contributed by atoms with Gasteiger partial charge in [-0.05, 0) is 12.8 Å². The highest BCUT2D eigenvalue weighted by atomic mass is 32.1. The highest BCUT2D eigenvalue weighted by Gasteiger charge is 2.35. The van der Waals surface area contributed by atoms with Gasteiger partial charge in [-0.2, -0.15) is 0 Å². The third kappa shape index (κ3) is 2.80. The van der Waals surface area contributed by atoms with Crippen LogP contribution in [0.4, 0.5) is 14.6 Å². The van der Waals surface area contributed by atoms with Crippen LogP contribution in [0.2, 0.25) is 0 Å². The number of thiophene rings is 1. The number of aromatic nitrogens is 2. The molecule has 1 aliphatic carbocycles. The third-order valence-electron chi connectivity index (χ3n) is 3.64. The van der Waals surface area contributed by atoms with Gasteiger partial charge in [0.15, 0.2) is 0 Å². The van der Waals surface area contributed by atoms with E-state index in [-0.39, 0.29) is 24.4 Å². The highest BCUT2D eigenvalue weighted by molar-refractivity contribution is 7.18. The van der Waals surface area contributed by atoms with Gasteiger partial charge in [-0.1, -0.05) is 0 Å². The van der Waals surface area contributed by atoms with Gasteiger partial charge < -0.3 is 10.4 Å². The highest BCUT2D eigenvalue weighted by Crippen LogP contribution is 2.35. The quantitative estimate of drug-likeness (QED) is 0.908. The predicted octanol–water partition coefficient (Wildman–Crippen LogP) is 3.38. The summed E-state index contributed by atoms with van der Waals surface area (Å²) in [5, 5.41) is 13.7. The largest absolute Gasteiger partial charge is 0.478 e. The number of fused-ring (bicyclic) bond motifs is 1. The molecule has 0 saturated heterocycles. The summed E-state index contributed by atoms with van der Waals surface area (Å²) in [6.45, 7) is 0. The number of carboxylic acid groups (broad SMARTS) is 1. The summed E-state index contributed by atoms with van der Waals surface area (Å²) in [6, 6.07) is -0.0712. The van der Waals surface area contributed by atoms with Crippen molar-refractivity contribution >= 4 is 33.3 Å². The molecule has 2 heterocycles. The summed E-state index contributed by atoms with van der Waals surface area (Å²) in [4.78, 5) is 19.2. The van der Waals surface area contributed by atoms with E-state index >= 15 is 0 Å². The van der Waals surface area contributed by atoms with Gasteiger partial charge in [-0.25, -0.2) is 23.5 Å². The van der Waals surface area contributed by atoms with Gasteiger partial charge >= 0.3 is 5.97 Å². The maximum Gasteiger partial charge on any atom is 0.338 e. The standard InChI is InChI=1S/C13H13F2N3O2S/c14-13(15)3-1-7(2-4-13)18-11-10-9(16-6-17-11)8(5-21-10)12(19)20/h5-7H,1-4H2,(H,19,20)(H,16,17,18). The molecule has 112 valence electrons. The molecule has 2 N–H and O–H groups in total. The molecule has 0 unspecified atom stereocenters. The smallest absolute Gasteiger partial charge is 0.338 e. The van der Waals surface area contributed by atoms with Crippen LogP contribution in [-0.4, -0.2) is 33.0 Å². The van der Waals surface area contributed by atoms with Crippen LogP contribution in [0.1, 0.15) is 36.0 Å². The zero-order chi connectivity index (χ0) is 15.0. The number of carbonyl (C=O) groups is 1.